The van der Waals surface area contributed by atoms with Crippen LogP contribution in [0, 0.1) is 18.3 Å². The topological polar surface area (TPSA) is 86.4 Å². The number of carbonyl (C=O) groups excluding carboxylic acids is 1. The Labute approximate surface area is 190 Å². The number of aryl methyl sites for hydroxylation is 2. The lowest BCUT2D eigenvalue weighted by Gasteiger charge is -2.19. The van der Waals surface area contributed by atoms with Crippen LogP contribution in [0.3, 0.4) is 0 Å². The van der Waals surface area contributed by atoms with Crippen molar-refractivity contribution < 1.29 is 19.0 Å². The molecular weight excluding hydrogens is 406 g/mol. The van der Waals surface area contributed by atoms with Crippen molar-refractivity contribution in [3.8, 4) is 6.07 Å². The van der Waals surface area contributed by atoms with Crippen LogP contribution in [0.15, 0.2) is 30.3 Å². The van der Waals surface area contributed by atoms with Crippen LogP contribution in [0.2, 0.25) is 0 Å². The molecule has 0 bridgehead atoms. The van der Waals surface area contributed by atoms with Gasteiger partial charge in [-0.25, -0.2) is 4.79 Å². The van der Waals surface area contributed by atoms with E-state index in [0.717, 1.165) is 11.3 Å². The Morgan fingerprint density at radius 3 is 2.38 bits per heavy atom. The van der Waals surface area contributed by atoms with E-state index >= 15 is 0 Å². The van der Waals surface area contributed by atoms with Gasteiger partial charge in [-0.15, -0.1) is 0 Å². The normalized spacial score (nSPS) is 13.1. The molecule has 0 aliphatic carbocycles. The quantitative estimate of drug-likeness (QED) is 0.223. The lowest BCUT2D eigenvalue weighted by Crippen LogP contribution is -2.17. The number of rotatable bonds is 8. The average molecular weight is 440 g/mol. The highest BCUT2D eigenvalue weighted by Crippen LogP contribution is 2.30. The summed E-state index contributed by atoms with van der Waals surface area (Å²) in [6.45, 7) is 14.1. The zero-order chi connectivity index (χ0) is 23.9. The largest absolute Gasteiger partial charge is 0.511 e. The molecule has 1 heterocycles. The van der Waals surface area contributed by atoms with Crippen molar-refractivity contribution in [1.82, 2.24) is 9.78 Å². The van der Waals surface area contributed by atoms with Crippen LogP contribution >= 0.6 is 0 Å². The van der Waals surface area contributed by atoms with Crippen LogP contribution < -0.4 is 0 Å². The monoisotopic (exact) mass is 439 g/mol. The minimum atomic E-state index is -0.813. The Morgan fingerprint density at radius 2 is 1.84 bits per heavy atom. The van der Waals surface area contributed by atoms with E-state index in [0.29, 0.717) is 35.6 Å². The maximum atomic E-state index is 11.9. The minimum Gasteiger partial charge on any atom is -0.454 e. The molecule has 0 radical (unpaired) electrons. The van der Waals surface area contributed by atoms with E-state index in [1.54, 1.807) is 11.6 Å². The van der Waals surface area contributed by atoms with Crippen LogP contribution in [-0.2, 0) is 26.2 Å². The summed E-state index contributed by atoms with van der Waals surface area (Å²) in [5.74, 6) is 0.301. The first-order valence-electron chi connectivity index (χ1n) is 10.9. The van der Waals surface area contributed by atoms with Crippen LogP contribution in [0.4, 0.5) is 4.79 Å². The van der Waals surface area contributed by atoms with Crippen molar-refractivity contribution >= 4 is 17.5 Å². The lowest BCUT2D eigenvalue weighted by molar-refractivity contribution is -0.0206. The van der Waals surface area contributed by atoms with E-state index < -0.39 is 6.16 Å². The van der Waals surface area contributed by atoms with Gasteiger partial charge in [0, 0.05) is 6.54 Å². The highest BCUT2D eigenvalue weighted by Gasteiger charge is 2.21. The number of hydrogen-bond donors (Lipinski definition) is 0. The molecule has 172 valence electrons. The molecule has 7 nitrogen and oxygen atoms in total. The number of benzene rings is 1. The number of nitrogens with zero attached hydrogens (tertiary/aromatic N) is 3. The number of ether oxygens (including phenoxy) is 3. The second-order valence-electron chi connectivity index (χ2n) is 8.62. The van der Waals surface area contributed by atoms with Gasteiger partial charge in [-0.3, -0.25) is 4.68 Å². The molecule has 2 rings (SSSR count). The number of hydrogen-bond acceptors (Lipinski definition) is 6. The zero-order valence-electron chi connectivity index (χ0n) is 20.1. The third-order valence-corrected chi connectivity index (χ3v) is 5.07. The second-order valence-corrected chi connectivity index (χ2v) is 8.62. The van der Waals surface area contributed by atoms with Gasteiger partial charge in [0.05, 0.1) is 5.69 Å². The Kier molecular flexibility index (Phi) is 8.48. The lowest BCUT2D eigenvalue weighted by atomic mass is 9.86. The van der Waals surface area contributed by atoms with Gasteiger partial charge in [0.1, 0.15) is 23.4 Å². The summed E-state index contributed by atoms with van der Waals surface area (Å²) in [6.07, 6.45) is -0.385. The summed E-state index contributed by atoms with van der Waals surface area (Å²) in [4.78, 5) is 11.9. The second kappa shape index (κ2) is 10.9. The molecule has 7 heteroatoms. The predicted octanol–water partition coefficient (Wildman–Crippen LogP) is 5.83. The maximum absolute atomic E-state index is 11.9. The molecule has 0 amide bonds. The van der Waals surface area contributed by atoms with Gasteiger partial charge < -0.3 is 14.2 Å². The summed E-state index contributed by atoms with van der Waals surface area (Å²) < 4.78 is 17.8. The third-order valence-electron chi connectivity index (χ3n) is 5.07. The van der Waals surface area contributed by atoms with Crippen LogP contribution in [-0.4, -0.2) is 28.8 Å². The Morgan fingerprint density at radius 1 is 1.19 bits per heavy atom. The van der Waals surface area contributed by atoms with E-state index in [1.165, 1.54) is 0 Å². The maximum Gasteiger partial charge on any atom is 0.511 e. The van der Waals surface area contributed by atoms with Crippen molar-refractivity contribution in [2.45, 2.75) is 73.0 Å². The Balaban J connectivity index is 2.42. The molecule has 2 aromatic rings. The summed E-state index contributed by atoms with van der Waals surface area (Å²) in [6, 6.07) is 11.9. The summed E-state index contributed by atoms with van der Waals surface area (Å²) >= 11 is 0. The Bertz CT molecular complexity index is 992. The zero-order valence-corrected chi connectivity index (χ0v) is 20.1. The number of aromatic nitrogens is 2. The fourth-order valence-electron chi connectivity index (χ4n) is 3.04. The SMILES string of the molecule is CCC(C)OC(=O)OCO/C(=C(/C#N)c1ccc(C(C)(C)C)cc1)c1cc(C)nn1CC. The highest BCUT2D eigenvalue weighted by molar-refractivity contribution is 5.94. The summed E-state index contributed by atoms with van der Waals surface area (Å²) in [7, 11) is 0. The number of nitriles is 1. The van der Waals surface area contributed by atoms with Gasteiger partial charge in [-0.05, 0) is 49.8 Å². The molecule has 0 saturated carbocycles. The summed E-state index contributed by atoms with van der Waals surface area (Å²) in [5, 5.41) is 14.5. The molecule has 32 heavy (non-hydrogen) atoms. The molecule has 1 unspecified atom stereocenters. The summed E-state index contributed by atoms with van der Waals surface area (Å²) in [5.41, 5.74) is 3.63. The molecule has 1 aromatic carbocycles. The van der Waals surface area contributed by atoms with Crippen molar-refractivity contribution in [1.29, 1.82) is 5.26 Å². The first kappa shape index (κ1) is 25.0. The van der Waals surface area contributed by atoms with Crippen molar-refractivity contribution in [3.63, 3.8) is 0 Å². The van der Waals surface area contributed by atoms with E-state index in [2.05, 4.69) is 31.9 Å². The molecule has 1 aromatic heterocycles. The molecular formula is C25H33N3O4. The average Bonchev–Trinajstić information content (AvgIpc) is 3.13. The fourth-order valence-corrected chi connectivity index (χ4v) is 3.04. The van der Waals surface area contributed by atoms with Gasteiger partial charge in [0.2, 0.25) is 6.79 Å². The molecule has 0 aliphatic rings. The fraction of sp³-hybridized carbons (Fsp3) is 0.480. The first-order chi connectivity index (χ1) is 15.1. The van der Waals surface area contributed by atoms with Gasteiger partial charge in [0.15, 0.2) is 5.76 Å². The van der Waals surface area contributed by atoms with Crippen LogP contribution in [0.5, 0.6) is 0 Å². The van der Waals surface area contributed by atoms with Gasteiger partial charge in [0.25, 0.3) is 0 Å². The van der Waals surface area contributed by atoms with Crippen molar-refractivity contribution in [3.05, 3.63) is 52.8 Å². The van der Waals surface area contributed by atoms with E-state index in [9.17, 15) is 10.1 Å². The predicted molar refractivity (Wildman–Crippen MR) is 123 cm³/mol. The van der Waals surface area contributed by atoms with Crippen molar-refractivity contribution in [2.24, 2.45) is 0 Å². The van der Waals surface area contributed by atoms with Crippen LogP contribution in [0.25, 0.3) is 11.3 Å². The number of allylic oxidation sites excluding steroid dienone is 1. The molecule has 0 aliphatic heterocycles. The molecule has 1 atom stereocenters. The van der Waals surface area contributed by atoms with E-state index in [4.69, 9.17) is 14.2 Å². The van der Waals surface area contributed by atoms with Crippen LogP contribution in [0.1, 0.15) is 70.5 Å². The van der Waals surface area contributed by atoms with Crippen molar-refractivity contribution in [2.75, 3.05) is 6.79 Å². The standard InChI is InChI=1S/C25H33N3O4/c1-8-18(4)32-24(29)31-16-30-23(22-14-17(3)27-28(22)9-2)21(15-26)19-10-12-20(13-11-19)25(5,6)7/h10-14,18H,8-9,16H2,1-7H3/b23-21-. The van der Waals surface area contributed by atoms with Gasteiger partial charge in [-0.1, -0.05) is 52.0 Å². The first-order valence-corrected chi connectivity index (χ1v) is 10.9. The van der Waals surface area contributed by atoms with Gasteiger partial charge >= 0.3 is 6.16 Å². The minimum absolute atomic E-state index is 0.00382. The third kappa shape index (κ3) is 6.36. The molecule has 0 N–H and O–H groups in total. The van der Waals surface area contributed by atoms with E-state index in [-0.39, 0.29) is 18.3 Å². The highest BCUT2D eigenvalue weighted by atomic mass is 16.8. The number of carbonyl (C=O) groups is 1. The molecule has 0 spiro atoms. The van der Waals surface area contributed by atoms with E-state index in [1.807, 2.05) is 51.1 Å². The smallest absolute Gasteiger partial charge is 0.454 e. The molecule has 0 fully saturated rings. The Hall–Kier alpha value is -3.27. The molecule has 0 saturated heterocycles. The van der Waals surface area contributed by atoms with Gasteiger partial charge in [-0.2, -0.15) is 10.4 Å².